The van der Waals surface area contributed by atoms with E-state index in [4.69, 9.17) is 4.74 Å². The molecular formula is C18H27NO3. The van der Waals surface area contributed by atoms with Crippen LogP contribution in [0.1, 0.15) is 44.9 Å². The number of carbonyl (C=O) groups is 1. The average Bonchev–Trinajstić information content (AvgIpc) is 2.51. The van der Waals surface area contributed by atoms with E-state index in [2.05, 4.69) is 5.32 Å². The van der Waals surface area contributed by atoms with Crippen molar-refractivity contribution in [1.29, 1.82) is 0 Å². The highest BCUT2D eigenvalue weighted by atomic mass is 16.5. The molecule has 2 unspecified atom stereocenters. The molecule has 0 saturated carbocycles. The summed E-state index contributed by atoms with van der Waals surface area (Å²) in [6.07, 6.45) is -0.165. The van der Waals surface area contributed by atoms with Crippen molar-refractivity contribution in [2.75, 3.05) is 13.2 Å². The average molecular weight is 305 g/mol. The number of hydrogen-bond donors (Lipinski definition) is 2. The maximum absolute atomic E-state index is 12.5. The van der Waals surface area contributed by atoms with Gasteiger partial charge < -0.3 is 15.2 Å². The van der Waals surface area contributed by atoms with Gasteiger partial charge in [-0.05, 0) is 23.5 Å². The van der Waals surface area contributed by atoms with Crippen LogP contribution in [0.5, 0.6) is 0 Å². The second kappa shape index (κ2) is 6.80. The summed E-state index contributed by atoms with van der Waals surface area (Å²) in [4.78, 5) is 12.5. The molecule has 1 amide bonds. The summed E-state index contributed by atoms with van der Waals surface area (Å²) >= 11 is 0. The summed E-state index contributed by atoms with van der Waals surface area (Å²) in [5, 5.41) is 13.2. The van der Waals surface area contributed by atoms with Crippen LogP contribution in [0.15, 0.2) is 24.3 Å². The predicted molar refractivity (Wildman–Crippen MR) is 86.5 cm³/mol. The summed E-state index contributed by atoms with van der Waals surface area (Å²) in [5.41, 5.74) is 1.75. The lowest BCUT2D eigenvalue weighted by Gasteiger charge is -2.34. The molecule has 1 aromatic rings. The molecule has 2 N–H and O–H groups in total. The van der Waals surface area contributed by atoms with E-state index in [1.165, 1.54) is 5.56 Å². The van der Waals surface area contributed by atoms with Crippen LogP contribution in [0, 0.1) is 11.3 Å². The molecule has 0 saturated heterocycles. The highest BCUT2D eigenvalue weighted by molar-refractivity contribution is 5.82. The van der Waals surface area contributed by atoms with E-state index in [0.29, 0.717) is 13.2 Å². The number of amides is 1. The van der Waals surface area contributed by atoms with Gasteiger partial charge in [-0.15, -0.1) is 0 Å². The lowest BCUT2D eigenvalue weighted by atomic mass is 9.80. The quantitative estimate of drug-likeness (QED) is 0.878. The first-order chi connectivity index (χ1) is 10.3. The maximum Gasteiger partial charge on any atom is 0.253 e. The molecule has 2 atom stereocenters. The van der Waals surface area contributed by atoms with E-state index in [-0.39, 0.29) is 17.2 Å². The SMILES string of the molecule is CC(C)C(O)C(C)(C)CNC(=O)C1OCCc2ccccc21. The van der Waals surface area contributed by atoms with Crippen LogP contribution >= 0.6 is 0 Å². The molecule has 0 aromatic heterocycles. The van der Waals surface area contributed by atoms with Crippen LogP contribution in [0.4, 0.5) is 0 Å². The zero-order valence-corrected chi connectivity index (χ0v) is 13.9. The number of ether oxygens (including phenoxy) is 1. The first kappa shape index (κ1) is 17.0. The molecule has 1 aliphatic rings. The summed E-state index contributed by atoms with van der Waals surface area (Å²) in [5.74, 6) is 0.0229. The van der Waals surface area contributed by atoms with E-state index in [9.17, 15) is 9.90 Å². The summed E-state index contributed by atoms with van der Waals surface area (Å²) in [6.45, 7) is 8.88. The van der Waals surface area contributed by atoms with E-state index in [0.717, 1.165) is 12.0 Å². The zero-order chi connectivity index (χ0) is 16.3. The standard InChI is InChI=1S/C18H27NO3/c1-12(2)16(20)18(3,4)11-19-17(21)15-14-8-6-5-7-13(14)9-10-22-15/h5-8,12,15-16,20H,9-11H2,1-4H3,(H,19,21). The fourth-order valence-corrected chi connectivity index (χ4v) is 3.03. The van der Waals surface area contributed by atoms with Crippen molar-refractivity contribution < 1.29 is 14.6 Å². The number of nitrogens with one attached hydrogen (secondary N) is 1. The minimum atomic E-state index is -0.544. The monoisotopic (exact) mass is 305 g/mol. The van der Waals surface area contributed by atoms with Gasteiger partial charge in [0.25, 0.3) is 5.91 Å². The van der Waals surface area contributed by atoms with Gasteiger partial charge in [0.1, 0.15) is 0 Å². The van der Waals surface area contributed by atoms with Crippen molar-refractivity contribution in [2.45, 2.75) is 46.3 Å². The maximum atomic E-state index is 12.5. The van der Waals surface area contributed by atoms with E-state index in [1.54, 1.807) is 0 Å². The molecule has 0 aliphatic carbocycles. The van der Waals surface area contributed by atoms with Gasteiger partial charge >= 0.3 is 0 Å². The summed E-state index contributed by atoms with van der Waals surface area (Å²) in [7, 11) is 0. The molecular weight excluding hydrogens is 278 g/mol. The number of aliphatic hydroxyl groups excluding tert-OH is 1. The normalized spacial score (nSPS) is 19.6. The van der Waals surface area contributed by atoms with Crippen LogP contribution in [-0.2, 0) is 16.0 Å². The van der Waals surface area contributed by atoms with Crippen molar-refractivity contribution in [2.24, 2.45) is 11.3 Å². The Labute approximate surface area is 132 Å². The minimum absolute atomic E-state index is 0.129. The number of rotatable bonds is 5. The Morgan fingerprint density at radius 1 is 1.41 bits per heavy atom. The molecule has 0 spiro atoms. The van der Waals surface area contributed by atoms with Gasteiger partial charge in [-0.25, -0.2) is 0 Å². The fourth-order valence-electron chi connectivity index (χ4n) is 3.03. The van der Waals surface area contributed by atoms with Gasteiger partial charge in [-0.1, -0.05) is 52.0 Å². The third-order valence-electron chi connectivity index (χ3n) is 4.38. The Bertz CT molecular complexity index is 525. The molecule has 0 fully saturated rings. The first-order valence-corrected chi connectivity index (χ1v) is 7.98. The molecule has 0 bridgehead atoms. The third-order valence-corrected chi connectivity index (χ3v) is 4.38. The molecule has 0 radical (unpaired) electrons. The molecule has 1 aromatic carbocycles. The van der Waals surface area contributed by atoms with Gasteiger partial charge in [0.15, 0.2) is 6.10 Å². The van der Waals surface area contributed by atoms with Crippen LogP contribution < -0.4 is 5.32 Å². The van der Waals surface area contributed by atoms with Gasteiger partial charge in [0.2, 0.25) is 0 Å². The fraction of sp³-hybridized carbons (Fsp3) is 0.611. The van der Waals surface area contributed by atoms with E-state index < -0.39 is 12.2 Å². The van der Waals surface area contributed by atoms with Crippen molar-refractivity contribution >= 4 is 5.91 Å². The van der Waals surface area contributed by atoms with Crippen LogP contribution in [-0.4, -0.2) is 30.3 Å². The number of benzene rings is 1. The second-order valence-electron chi connectivity index (χ2n) is 7.09. The summed E-state index contributed by atoms with van der Waals surface area (Å²) in [6, 6.07) is 7.92. The number of fused-ring (bicyclic) bond motifs is 1. The zero-order valence-electron chi connectivity index (χ0n) is 13.9. The van der Waals surface area contributed by atoms with Crippen molar-refractivity contribution in [3.63, 3.8) is 0 Å². The Hall–Kier alpha value is -1.39. The second-order valence-corrected chi connectivity index (χ2v) is 7.09. The van der Waals surface area contributed by atoms with E-state index >= 15 is 0 Å². The Kier molecular flexibility index (Phi) is 5.24. The molecule has 1 heterocycles. The Morgan fingerprint density at radius 2 is 2.09 bits per heavy atom. The van der Waals surface area contributed by atoms with Crippen molar-refractivity contribution in [3.05, 3.63) is 35.4 Å². The molecule has 4 heteroatoms. The highest BCUT2D eigenvalue weighted by Crippen LogP contribution is 2.28. The minimum Gasteiger partial charge on any atom is -0.392 e. The van der Waals surface area contributed by atoms with Gasteiger partial charge in [-0.2, -0.15) is 0 Å². The van der Waals surface area contributed by atoms with Crippen LogP contribution in [0.3, 0.4) is 0 Å². The molecule has 22 heavy (non-hydrogen) atoms. The molecule has 122 valence electrons. The summed E-state index contributed by atoms with van der Waals surface area (Å²) < 4.78 is 5.66. The first-order valence-electron chi connectivity index (χ1n) is 7.98. The highest BCUT2D eigenvalue weighted by Gasteiger charge is 2.33. The predicted octanol–water partition coefficient (Wildman–Crippen LogP) is 2.46. The largest absolute Gasteiger partial charge is 0.392 e. The topological polar surface area (TPSA) is 58.6 Å². The van der Waals surface area contributed by atoms with E-state index in [1.807, 2.05) is 52.0 Å². The van der Waals surface area contributed by atoms with Crippen LogP contribution in [0.2, 0.25) is 0 Å². The lowest BCUT2D eigenvalue weighted by Crippen LogP contribution is -2.45. The number of aliphatic hydroxyl groups is 1. The molecule has 4 nitrogen and oxygen atoms in total. The van der Waals surface area contributed by atoms with Crippen LogP contribution in [0.25, 0.3) is 0 Å². The Balaban J connectivity index is 2.02. The Morgan fingerprint density at radius 3 is 2.77 bits per heavy atom. The number of hydrogen-bond acceptors (Lipinski definition) is 3. The van der Waals surface area contributed by atoms with Crippen molar-refractivity contribution in [3.8, 4) is 0 Å². The third kappa shape index (κ3) is 3.68. The van der Waals surface area contributed by atoms with Gasteiger partial charge in [-0.3, -0.25) is 4.79 Å². The van der Waals surface area contributed by atoms with Gasteiger partial charge in [0, 0.05) is 12.0 Å². The smallest absolute Gasteiger partial charge is 0.253 e. The van der Waals surface area contributed by atoms with Gasteiger partial charge in [0.05, 0.1) is 12.7 Å². The lowest BCUT2D eigenvalue weighted by molar-refractivity contribution is -0.135. The molecule has 2 rings (SSSR count). The van der Waals surface area contributed by atoms with Crippen molar-refractivity contribution in [1.82, 2.24) is 5.32 Å². The molecule has 1 aliphatic heterocycles. The number of carbonyl (C=O) groups excluding carboxylic acids is 1.